The van der Waals surface area contributed by atoms with Gasteiger partial charge in [-0.25, -0.2) is 0 Å². The van der Waals surface area contributed by atoms with Gasteiger partial charge in [-0.05, 0) is 58.1 Å². The average Bonchev–Trinajstić information content (AvgIpc) is 2.47. The molecule has 3 rings (SSSR count). The second-order valence-corrected chi connectivity index (χ2v) is 6.27. The number of benzene rings is 1. The molecule has 112 valence electrons. The van der Waals surface area contributed by atoms with Crippen molar-refractivity contribution in [3.05, 3.63) is 30.0 Å². The van der Waals surface area contributed by atoms with Crippen molar-refractivity contribution in [2.24, 2.45) is 0 Å². The quantitative estimate of drug-likeness (QED) is 0.861. The maximum atomic E-state index is 5.98. The third-order valence-electron chi connectivity index (χ3n) is 4.41. The van der Waals surface area contributed by atoms with E-state index in [0.29, 0.717) is 6.04 Å². The molecule has 1 aromatic carbocycles. The number of nitrogens with two attached hydrogens (primary N) is 1. The Bertz CT molecular complexity index is 651. The van der Waals surface area contributed by atoms with Crippen LogP contribution in [0.25, 0.3) is 10.9 Å². The molecule has 1 aliphatic heterocycles. The molecule has 21 heavy (non-hydrogen) atoms. The molecular formula is C17H24N4. The number of likely N-dealkylation sites (N-methyl/N-ethyl adjacent to an activating group) is 1. The summed E-state index contributed by atoms with van der Waals surface area (Å²) in [7, 11) is 4.34. The van der Waals surface area contributed by atoms with E-state index in [2.05, 4.69) is 47.9 Å². The highest BCUT2D eigenvalue weighted by Crippen LogP contribution is 2.31. The topological polar surface area (TPSA) is 45.4 Å². The zero-order valence-corrected chi connectivity index (χ0v) is 13.1. The molecule has 0 radical (unpaired) electrons. The minimum absolute atomic E-state index is 0.614. The van der Waals surface area contributed by atoms with Crippen LogP contribution < -0.4 is 10.6 Å². The van der Waals surface area contributed by atoms with Crippen molar-refractivity contribution < 1.29 is 0 Å². The standard InChI is InChI=1S/C17H24N4/c1-12-9-17(15-10-13(18)6-7-16(15)19-12)21-8-4-5-14(11-21)20(2)3/h6-7,9-10,14H,4-5,8,11,18H2,1-3H3. The number of nitrogens with zero attached hydrogens (tertiary/aromatic N) is 3. The van der Waals surface area contributed by atoms with E-state index in [1.165, 1.54) is 23.9 Å². The summed E-state index contributed by atoms with van der Waals surface area (Å²) in [6, 6.07) is 8.81. The molecule has 0 spiro atoms. The number of fused-ring (bicyclic) bond motifs is 1. The van der Waals surface area contributed by atoms with Gasteiger partial charge in [0, 0.05) is 41.6 Å². The van der Waals surface area contributed by atoms with E-state index in [1.807, 2.05) is 12.1 Å². The Morgan fingerprint density at radius 3 is 2.86 bits per heavy atom. The van der Waals surface area contributed by atoms with Crippen molar-refractivity contribution in [2.75, 3.05) is 37.8 Å². The number of nitrogen functional groups attached to an aromatic ring is 1. The highest BCUT2D eigenvalue weighted by atomic mass is 15.2. The van der Waals surface area contributed by atoms with Gasteiger partial charge in [-0.15, -0.1) is 0 Å². The Balaban J connectivity index is 2.04. The molecule has 0 aliphatic carbocycles. The van der Waals surface area contributed by atoms with Gasteiger partial charge in [0.05, 0.1) is 5.52 Å². The minimum atomic E-state index is 0.614. The predicted octanol–water partition coefficient (Wildman–Crippen LogP) is 2.66. The Hall–Kier alpha value is -1.81. The molecule has 1 unspecified atom stereocenters. The lowest BCUT2D eigenvalue weighted by Gasteiger charge is -2.38. The van der Waals surface area contributed by atoms with Crippen LogP contribution in [0.2, 0.25) is 0 Å². The molecule has 2 heterocycles. The first kappa shape index (κ1) is 14.1. The molecular weight excluding hydrogens is 260 g/mol. The lowest BCUT2D eigenvalue weighted by molar-refractivity contribution is 0.258. The molecule has 1 fully saturated rings. The van der Waals surface area contributed by atoms with Gasteiger partial charge in [-0.1, -0.05) is 0 Å². The smallest absolute Gasteiger partial charge is 0.0727 e. The van der Waals surface area contributed by atoms with Crippen molar-refractivity contribution in [3.63, 3.8) is 0 Å². The van der Waals surface area contributed by atoms with Crippen LogP contribution in [0.15, 0.2) is 24.3 Å². The lowest BCUT2D eigenvalue weighted by Crippen LogP contribution is -2.45. The SMILES string of the molecule is Cc1cc(N2CCCC(N(C)C)C2)c2cc(N)ccc2n1. The van der Waals surface area contributed by atoms with Gasteiger partial charge >= 0.3 is 0 Å². The summed E-state index contributed by atoms with van der Waals surface area (Å²) in [5.74, 6) is 0. The van der Waals surface area contributed by atoms with E-state index in [-0.39, 0.29) is 0 Å². The highest BCUT2D eigenvalue weighted by Gasteiger charge is 2.23. The average molecular weight is 284 g/mol. The molecule has 2 N–H and O–H groups in total. The summed E-state index contributed by atoms with van der Waals surface area (Å²) < 4.78 is 0. The molecule has 1 atom stereocenters. The molecule has 1 saturated heterocycles. The zero-order chi connectivity index (χ0) is 15.0. The Labute approximate surface area is 126 Å². The summed E-state index contributed by atoms with van der Waals surface area (Å²) >= 11 is 0. The number of hydrogen-bond acceptors (Lipinski definition) is 4. The normalized spacial score (nSPS) is 19.4. The number of hydrogen-bond donors (Lipinski definition) is 1. The van der Waals surface area contributed by atoms with Crippen LogP contribution in [-0.4, -0.2) is 43.1 Å². The van der Waals surface area contributed by atoms with Gasteiger partial charge in [0.2, 0.25) is 0 Å². The second-order valence-electron chi connectivity index (χ2n) is 6.27. The van der Waals surface area contributed by atoms with Crippen LogP contribution in [0.3, 0.4) is 0 Å². The fourth-order valence-electron chi connectivity index (χ4n) is 3.21. The highest BCUT2D eigenvalue weighted by molar-refractivity contribution is 5.94. The minimum Gasteiger partial charge on any atom is -0.399 e. The van der Waals surface area contributed by atoms with E-state index in [0.717, 1.165) is 30.0 Å². The first-order valence-corrected chi connectivity index (χ1v) is 7.63. The van der Waals surface area contributed by atoms with Crippen LogP contribution in [0.5, 0.6) is 0 Å². The van der Waals surface area contributed by atoms with Crippen molar-refractivity contribution in [3.8, 4) is 0 Å². The summed E-state index contributed by atoms with van der Waals surface area (Å²) in [5, 5.41) is 1.17. The van der Waals surface area contributed by atoms with E-state index >= 15 is 0 Å². The molecule has 0 saturated carbocycles. The number of piperidine rings is 1. The molecule has 0 amide bonds. The lowest BCUT2D eigenvalue weighted by atomic mass is 10.0. The van der Waals surface area contributed by atoms with E-state index < -0.39 is 0 Å². The predicted molar refractivity (Wildman–Crippen MR) is 89.8 cm³/mol. The van der Waals surface area contributed by atoms with Crippen LogP contribution >= 0.6 is 0 Å². The van der Waals surface area contributed by atoms with Gasteiger partial charge in [-0.3, -0.25) is 4.98 Å². The van der Waals surface area contributed by atoms with Gasteiger partial charge in [0.15, 0.2) is 0 Å². The van der Waals surface area contributed by atoms with Crippen molar-refractivity contribution in [1.82, 2.24) is 9.88 Å². The van der Waals surface area contributed by atoms with Crippen LogP contribution in [0.4, 0.5) is 11.4 Å². The fourth-order valence-corrected chi connectivity index (χ4v) is 3.21. The van der Waals surface area contributed by atoms with Crippen molar-refractivity contribution in [1.29, 1.82) is 0 Å². The summed E-state index contributed by atoms with van der Waals surface area (Å²) in [6.07, 6.45) is 2.50. The first-order valence-electron chi connectivity index (χ1n) is 7.63. The first-order chi connectivity index (χ1) is 10.0. The van der Waals surface area contributed by atoms with E-state index in [4.69, 9.17) is 5.73 Å². The van der Waals surface area contributed by atoms with Gasteiger partial charge in [-0.2, -0.15) is 0 Å². The molecule has 1 aliphatic rings. The van der Waals surface area contributed by atoms with Crippen LogP contribution in [0.1, 0.15) is 18.5 Å². The Morgan fingerprint density at radius 1 is 1.29 bits per heavy atom. The summed E-state index contributed by atoms with van der Waals surface area (Å²) in [5.41, 5.74) is 10.2. The third kappa shape index (κ3) is 2.81. The van der Waals surface area contributed by atoms with Gasteiger partial charge in [0.1, 0.15) is 0 Å². The number of rotatable bonds is 2. The Kier molecular flexibility index (Phi) is 3.72. The molecule has 0 bridgehead atoms. The van der Waals surface area contributed by atoms with E-state index in [1.54, 1.807) is 0 Å². The largest absolute Gasteiger partial charge is 0.399 e. The summed E-state index contributed by atoms with van der Waals surface area (Å²) in [4.78, 5) is 9.45. The number of aryl methyl sites for hydroxylation is 1. The van der Waals surface area contributed by atoms with Crippen LogP contribution in [0, 0.1) is 6.92 Å². The molecule has 1 aromatic heterocycles. The zero-order valence-electron chi connectivity index (χ0n) is 13.1. The second kappa shape index (κ2) is 5.53. The maximum Gasteiger partial charge on any atom is 0.0727 e. The van der Waals surface area contributed by atoms with Gasteiger partial charge < -0.3 is 15.5 Å². The van der Waals surface area contributed by atoms with Gasteiger partial charge in [0.25, 0.3) is 0 Å². The van der Waals surface area contributed by atoms with E-state index in [9.17, 15) is 0 Å². The number of aromatic nitrogens is 1. The molecule has 4 heteroatoms. The van der Waals surface area contributed by atoms with Crippen LogP contribution in [-0.2, 0) is 0 Å². The maximum absolute atomic E-state index is 5.98. The molecule has 2 aromatic rings. The monoisotopic (exact) mass is 284 g/mol. The summed E-state index contributed by atoms with van der Waals surface area (Å²) in [6.45, 7) is 4.24. The molecule has 4 nitrogen and oxygen atoms in total. The number of pyridine rings is 1. The van der Waals surface area contributed by atoms with Crippen molar-refractivity contribution >= 4 is 22.3 Å². The third-order valence-corrected chi connectivity index (χ3v) is 4.41. The van der Waals surface area contributed by atoms with Crippen molar-refractivity contribution in [2.45, 2.75) is 25.8 Å². The Morgan fingerprint density at radius 2 is 2.10 bits per heavy atom. The number of anilines is 2. The fraction of sp³-hybridized carbons (Fsp3) is 0.471.